The first-order valence-electron chi connectivity index (χ1n) is 6.15. The first-order chi connectivity index (χ1) is 7.88. The van der Waals surface area contributed by atoms with Crippen LogP contribution in [0.3, 0.4) is 0 Å². The number of anilines is 1. The quantitative estimate of drug-likeness (QED) is 0.758. The number of rotatable bonds is 1. The van der Waals surface area contributed by atoms with E-state index >= 15 is 0 Å². The van der Waals surface area contributed by atoms with E-state index in [0.29, 0.717) is 5.82 Å². The summed E-state index contributed by atoms with van der Waals surface area (Å²) >= 11 is 0. The first-order valence-corrected chi connectivity index (χ1v) is 6.15. The summed E-state index contributed by atoms with van der Waals surface area (Å²) in [7, 11) is 2.14. The van der Waals surface area contributed by atoms with E-state index < -0.39 is 0 Å². The smallest absolute Gasteiger partial charge is 0.145 e. The molecule has 0 spiro atoms. The maximum Gasteiger partial charge on any atom is 0.145 e. The van der Waals surface area contributed by atoms with Crippen molar-refractivity contribution in [3.05, 3.63) is 11.8 Å². The first kappa shape index (κ1) is 12.4. The monoisotopic (exact) mass is 237 g/mol. The van der Waals surface area contributed by atoms with Gasteiger partial charge in [0.2, 0.25) is 0 Å². The minimum Gasteiger partial charge on any atom is -0.382 e. The highest BCUT2D eigenvalue weighted by Crippen LogP contribution is 2.26. The molecule has 1 saturated heterocycles. The number of hydrogen-bond donors (Lipinski definition) is 2. The number of nitrogens with one attached hydrogen (secondary N) is 1. The fourth-order valence-corrected chi connectivity index (χ4v) is 2.25. The zero-order valence-corrected chi connectivity index (χ0v) is 11.2. The fraction of sp³-hybridized carbons (Fsp3) is 0.750. The molecule has 0 aromatic carbocycles. The Morgan fingerprint density at radius 2 is 2.18 bits per heavy atom. The minimum absolute atomic E-state index is 0.0579. The van der Waals surface area contributed by atoms with Crippen molar-refractivity contribution >= 4 is 5.82 Å². The molecule has 5 nitrogen and oxygen atoms in total. The number of nitrogens with zero attached hydrogens (tertiary/aromatic N) is 3. The van der Waals surface area contributed by atoms with Crippen LogP contribution in [0.25, 0.3) is 0 Å². The van der Waals surface area contributed by atoms with Crippen molar-refractivity contribution in [3.63, 3.8) is 0 Å². The molecule has 1 atom stereocenters. The molecule has 1 aliphatic heterocycles. The van der Waals surface area contributed by atoms with Crippen molar-refractivity contribution in [2.24, 2.45) is 0 Å². The van der Waals surface area contributed by atoms with Crippen molar-refractivity contribution in [3.8, 4) is 0 Å². The second kappa shape index (κ2) is 4.31. The number of piperazine rings is 1. The maximum atomic E-state index is 5.84. The highest BCUT2D eigenvalue weighted by molar-refractivity contribution is 5.33. The van der Waals surface area contributed by atoms with Gasteiger partial charge < -0.3 is 10.6 Å². The lowest BCUT2D eigenvalue weighted by atomic mass is 9.92. The second-order valence-electron chi connectivity index (χ2n) is 5.88. The summed E-state index contributed by atoms with van der Waals surface area (Å²) in [6, 6.07) is 1.98. The van der Waals surface area contributed by atoms with Crippen molar-refractivity contribution in [2.75, 3.05) is 32.4 Å². The lowest BCUT2D eigenvalue weighted by molar-refractivity contribution is 0.181. The Balaban J connectivity index is 2.31. The summed E-state index contributed by atoms with van der Waals surface area (Å²) in [5.41, 5.74) is 7.09. The van der Waals surface area contributed by atoms with Crippen molar-refractivity contribution in [1.82, 2.24) is 20.0 Å². The highest BCUT2D eigenvalue weighted by Gasteiger charge is 2.26. The average molecular weight is 237 g/mol. The zero-order chi connectivity index (χ0) is 12.6. The van der Waals surface area contributed by atoms with Crippen LogP contribution < -0.4 is 11.1 Å². The Kier molecular flexibility index (Phi) is 3.14. The molecule has 3 N–H and O–H groups in total. The van der Waals surface area contributed by atoms with E-state index in [0.717, 1.165) is 19.6 Å². The topological polar surface area (TPSA) is 59.1 Å². The predicted octanol–water partition coefficient (Wildman–Crippen LogP) is 0.796. The SMILES string of the molecule is CN1CCNC(n2nc(N)cc2C(C)(C)C)C1. The molecule has 17 heavy (non-hydrogen) atoms. The summed E-state index contributed by atoms with van der Waals surface area (Å²) in [6.45, 7) is 9.60. The largest absolute Gasteiger partial charge is 0.382 e. The molecule has 2 heterocycles. The van der Waals surface area contributed by atoms with E-state index in [1.807, 2.05) is 10.7 Å². The molecule has 1 fully saturated rings. The van der Waals surface area contributed by atoms with Crippen LogP contribution in [0.15, 0.2) is 6.07 Å². The number of hydrogen-bond acceptors (Lipinski definition) is 4. The second-order valence-corrected chi connectivity index (χ2v) is 5.88. The summed E-state index contributed by atoms with van der Waals surface area (Å²) in [5, 5.41) is 7.94. The van der Waals surface area contributed by atoms with Crippen LogP contribution in [0.1, 0.15) is 32.6 Å². The number of likely N-dealkylation sites (N-methyl/N-ethyl adjacent to an activating group) is 1. The third kappa shape index (κ3) is 2.61. The van der Waals surface area contributed by atoms with Gasteiger partial charge in [-0.1, -0.05) is 20.8 Å². The summed E-state index contributed by atoms with van der Waals surface area (Å²) < 4.78 is 2.05. The Labute approximate surface area is 103 Å². The van der Waals surface area contributed by atoms with Gasteiger partial charge in [-0.2, -0.15) is 5.10 Å². The van der Waals surface area contributed by atoms with E-state index in [-0.39, 0.29) is 11.6 Å². The highest BCUT2D eigenvalue weighted by atomic mass is 15.4. The van der Waals surface area contributed by atoms with Gasteiger partial charge in [0.25, 0.3) is 0 Å². The Hall–Kier alpha value is -1.07. The molecule has 0 aliphatic carbocycles. The number of aromatic nitrogens is 2. The van der Waals surface area contributed by atoms with Crippen molar-refractivity contribution in [1.29, 1.82) is 0 Å². The van der Waals surface area contributed by atoms with Gasteiger partial charge in [-0.05, 0) is 7.05 Å². The number of nitrogens with two attached hydrogens (primary N) is 1. The van der Waals surface area contributed by atoms with Crippen LogP contribution in [0.2, 0.25) is 0 Å². The zero-order valence-electron chi connectivity index (χ0n) is 11.2. The molecular weight excluding hydrogens is 214 g/mol. The number of nitrogen functional groups attached to an aromatic ring is 1. The Morgan fingerprint density at radius 3 is 2.76 bits per heavy atom. The van der Waals surface area contributed by atoms with Crippen LogP contribution in [0.4, 0.5) is 5.82 Å². The van der Waals surface area contributed by atoms with Crippen molar-refractivity contribution in [2.45, 2.75) is 32.4 Å². The minimum atomic E-state index is 0.0579. The predicted molar refractivity (Wildman–Crippen MR) is 69.9 cm³/mol. The van der Waals surface area contributed by atoms with Crippen LogP contribution in [-0.4, -0.2) is 41.4 Å². The molecule has 0 amide bonds. The molecule has 2 rings (SSSR count). The molecule has 1 aromatic rings. The lowest BCUT2D eigenvalue weighted by Crippen LogP contribution is -2.47. The van der Waals surface area contributed by atoms with Crippen molar-refractivity contribution < 1.29 is 0 Å². The van der Waals surface area contributed by atoms with Gasteiger partial charge in [-0.25, -0.2) is 4.68 Å². The molecule has 1 aliphatic rings. The summed E-state index contributed by atoms with van der Waals surface area (Å²) in [5.74, 6) is 0.602. The van der Waals surface area contributed by atoms with Gasteiger partial charge in [0.05, 0.1) is 0 Å². The molecule has 0 radical (unpaired) electrons. The fourth-order valence-electron chi connectivity index (χ4n) is 2.25. The van der Waals surface area contributed by atoms with E-state index in [1.165, 1.54) is 5.69 Å². The van der Waals surface area contributed by atoms with Crippen LogP contribution in [0.5, 0.6) is 0 Å². The Morgan fingerprint density at radius 1 is 1.47 bits per heavy atom. The lowest BCUT2D eigenvalue weighted by Gasteiger charge is -2.33. The Bertz CT molecular complexity index is 390. The molecule has 0 saturated carbocycles. The van der Waals surface area contributed by atoms with Gasteiger partial charge >= 0.3 is 0 Å². The average Bonchev–Trinajstić information content (AvgIpc) is 2.60. The van der Waals surface area contributed by atoms with Crippen LogP contribution >= 0.6 is 0 Å². The molecule has 5 heteroatoms. The normalized spacial score (nSPS) is 22.9. The maximum absolute atomic E-state index is 5.84. The third-order valence-electron chi connectivity index (χ3n) is 3.18. The van der Waals surface area contributed by atoms with Crippen LogP contribution in [-0.2, 0) is 5.41 Å². The van der Waals surface area contributed by atoms with E-state index in [4.69, 9.17) is 5.73 Å². The summed E-state index contributed by atoms with van der Waals surface area (Å²) in [4.78, 5) is 2.31. The van der Waals surface area contributed by atoms with Gasteiger partial charge in [0.1, 0.15) is 12.0 Å². The standard InChI is InChI=1S/C12H23N5/c1-12(2,3)9-7-10(13)15-17(9)11-8-16(4)6-5-14-11/h7,11,14H,5-6,8H2,1-4H3,(H2,13,15). The molecular formula is C12H23N5. The summed E-state index contributed by atoms with van der Waals surface area (Å²) in [6.07, 6.45) is 0.222. The van der Waals surface area contributed by atoms with Gasteiger partial charge in [-0.3, -0.25) is 5.32 Å². The molecule has 0 bridgehead atoms. The van der Waals surface area contributed by atoms with E-state index in [2.05, 4.69) is 43.1 Å². The van der Waals surface area contributed by atoms with Gasteiger partial charge in [0, 0.05) is 36.8 Å². The van der Waals surface area contributed by atoms with E-state index in [1.54, 1.807) is 0 Å². The third-order valence-corrected chi connectivity index (χ3v) is 3.18. The molecule has 1 aromatic heterocycles. The van der Waals surface area contributed by atoms with Gasteiger partial charge in [-0.15, -0.1) is 0 Å². The van der Waals surface area contributed by atoms with E-state index in [9.17, 15) is 0 Å². The van der Waals surface area contributed by atoms with Crippen LogP contribution in [0, 0.1) is 0 Å². The molecule has 1 unspecified atom stereocenters. The van der Waals surface area contributed by atoms with Gasteiger partial charge in [0.15, 0.2) is 0 Å². The molecule has 96 valence electrons.